The van der Waals surface area contributed by atoms with Crippen LogP contribution in [0.1, 0.15) is 37.6 Å². The minimum absolute atomic E-state index is 0.0165. The van der Waals surface area contributed by atoms with Gasteiger partial charge in [-0.25, -0.2) is 9.37 Å². The molecule has 1 atom stereocenters. The van der Waals surface area contributed by atoms with Gasteiger partial charge < -0.3 is 15.0 Å². The first-order valence-corrected chi connectivity index (χ1v) is 7.25. The normalized spacial score (nSPS) is 12.0. The summed E-state index contributed by atoms with van der Waals surface area (Å²) < 4.78 is 19.4. The summed E-state index contributed by atoms with van der Waals surface area (Å²) in [6.45, 7) is 7.17. The topological polar surface area (TPSA) is 54.5 Å². The highest BCUT2D eigenvalue weighted by Gasteiger charge is 2.24. The first-order chi connectivity index (χ1) is 10.1. The Morgan fingerprint density at radius 1 is 1.52 bits per heavy atom. The number of rotatable bonds is 8. The molecule has 1 N–H and O–H groups in total. The maximum absolute atomic E-state index is 14.4. The molecule has 0 spiro atoms. The maximum atomic E-state index is 14.4. The molecular formula is C15H24FN3O2. The molecule has 0 aliphatic carbocycles. The van der Waals surface area contributed by atoms with Gasteiger partial charge in [-0.1, -0.05) is 6.92 Å². The van der Waals surface area contributed by atoms with Gasteiger partial charge in [0.2, 0.25) is 0 Å². The van der Waals surface area contributed by atoms with Gasteiger partial charge in [-0.2, -0.15) is 0 Å². The molecule has 1 aromatic rings. The molecule has 1 aromatic heterocycles. The van der Waals surface area contributed by atoms with Crippen LogP contribution < -0.4 is 5.32 Å². The average Bonchev–Trinajstić information content (AvgIpc) is 2.49. The van der Waals surface area contributed by atoms with Crippen molar-refractivity contribution in [3.63, 3.8) is 0 Å². The Labute approximate surface area is 125 Å². The zero-order chi connectivity index (χ0) is 15.8. The molecule has 21 heavy (non-hydrogen) atoms. The van der Waals surface area contributed by atoms with Gasteiger partial charge in [-0.15, -0.1) is 0 Å². The van der Waals surface area contributed by atoms with Crippen molar-refractivity contribution in [1.29, 1.82) is 0 Å². The van der Waals surface area contributed by atoms with Gasteiger partial charge in [0.1, 0.15) is 0 Å². The van der Waals surface area contributed by atoms with E-state index in [0.29, 0.717) is 19.7 Å². The number of amides is 1. The number of nitrogens with one attached hydrogen (secondary N) is 1. The van der Waals surface area contributed by atoms with Crippen molar-refractivity contribution in [3.05, 3.63) is 23.6 Å². The van der Waals surface area contributed by atoms with E-state index in [1.54, 1.807) is 12.0 Å². The number of halogens is 1. The molecule has 0 bridgehead atoms. The summed E-state index contributed by atoms with van der Waals surface area (Å²) in [5.41, 5.74) is 0.0392. The number of methoxy groups -OCH3 is 1. The summed E-state index contributed by atoms with van der Waals surface area (Å²) in [4.78, 5) is 18.2. The number of hydrogen-bond acceptors (Lipinski definition) is 4. The van der Waals surface area contributed by atoms with Crippen molar-refractivity contribution in [2.45, 2.75) is 33.2 Å². The number of anilines is 1. The van der Waals surface area contributed by atoms with E-state index in [2.05, 4.69) is 10.3 Å². The molecule has 5 nitrogen and oxygen atoms in total. The van der Waals surface area contributed by atoms with Crippen LogP contribution >= 0.6 is 0 Å². The highest BCUT2D eigenvalue weighted by molar-refractivity contribution is 5.95. The van der Waals surface area contributed by atoms with E-state index in [0.717, 1.165) is 6.42 Å². The second kappa shape index (κ2) is 8.56. The van der Waals surface area contributed by atoms with Gasteiger partial charge in [0, 0.05) is 32.4 Å². The van der Waals surface area contributed by atoms with Gasteiger partial charge in [0.15, 0.2) is 11.6 Å². The SMILES string of the molecule is CCNc1nccc(C(=O)N(CCOC)C(C)CC)c1F. The molecule has 6 heteroatoms. The molecule has 1 amide bonds. The lowest BCUT2D eigenvalue weighted by atomic mass is 10.1. The summed E-state index contributed by atoms with van der Waals surface area (Å²) in [6.07, 6.45) is 2.24. The van der Waals surface area contributed by atoms with E-state index in [1.165, 1.54) is 12.3 Å². The van der Waals surface area contributed by atoms with Gasteiger partial charge in [0.25, 0.3) is 5.91 Å². The zero-order valence-corrected chi connectivity index (χ0v) is 13.1. The first-order valence-electron chi connectivity index (χ1n) is 7.25. The van der Waals surface area contributed by atoms with Crippen LogP contribution in [0.3, 0.4) is 0 Å². The van der Waals surface area contributed by atoms with Crippen molar-refractivity contribution < 1.29 is 13.9 Å². The van der Waals surface area contributed by atoms with Gasteiger partial charge in [-0.05, 0) is 26.3 Å². The molecule has 0 aliphatic rings. The quantitative estimate of drug-likeness (QED) is 0.801. The predicted octanol–water partition coefficient (Wildman–Crippen LogP) is 2.54. The Hall–Kier alpha value is -1.69. The number of aromatic nitrogens is 1. The van der Waals surface area contributed by atoms with E-state index < -0.39 is 5.82 Å². The predicted molar refractivity (Wildman–Crippen MR) is 81.0 cm³/mol. The summed E-state index contributed by atoms with van der Waals surface area (Å²) in [6, 6.07) is 1.43. The molecule has 0 aromatic carbocycles. The minimum atomic E-state index is -0.602. The lowest BCUT2D eigenvalue weighted by Gasteiger charge is -2.28. The molecule has 1 heterocycles. The summed E-state index contributed by atoms with van der Waals surface area (Å²) in [5.74, 6) is -0.824. The smallest absolute Gasteiger partial charge is 0.257 e. The third-order valence-corrected chi connectivity index (χ3v) is 3.38. The van der Waals surface area contributed by atoms with Crippen LogP contribution in [0, 0.1) is 5.82 Å². The molecule has 0 radical (unpaired) electrons. The monoisotopic (exact) mass is 297 g/mol. The number of hydrogen-bond donors (Lipinski definition) is 1. The van der Waals surface area contributed by atoms with Crippen molar-refractivity contribution >= 4 is 11.7 Å². The fourth-order valence-electron chi connectivity index (χ4n) is 1.99. The van der Waals surface area contributed by atoms with Gasteiger partial charge in [-0.3, -0.25) is 4.79 Å². The number of carbonyl (C=O) groups is 1. The summed E-state index contributed by atoms with van der Waals surface area (Å²) in [5, 5.41) is 2.81. The fraction of sp³-hybridized carbons (Fsp3) is 0.600. The number of carbonyl (C=O) groups excluding carboxylic acids is 1. The average molecular weight is 297 g/mol. The first kappa shape index (κ1) is 17.4. The Morgan fingerprint density at radius 2 is 2.24 bits per heavy atom. The zero-order valence-electron chi connectivity index (χ0n) is 13.1. The van der Waals surface area contributed by atoms with Gasteiger partial charge in [0.05, 0.1) is 12.2 Å². The highest BCUT2D eigenvalue weighted by Crippen LogP contribution is 2.18. The third kappa shape index (κ3) is 4.39. The Bertz CT molecular complexity index is 468. The van der Waals surface area contributed by atoms with Crippen LogP contribution in [0.15, 0.2) is 12.3 Å². The van der Waals surface area contributed by atoms with Crippen molar-refractivity contribution in [1.82, 2.24) is 9.88 Å². The van der Waals surface area contributed by atoms with E-state index in [1.807, 2.05) is 20.8 Å². The second-order valence-electron chi connectivity index (χ2n) is 4.80. The second-order valence-corrected chi connectivity index (χ2v) is 4.80. The van der Waals surface area contributed by atoms with E-state index in [9.17, 15) is 9.18 Å². The molecule has 0 saturated heterocycles. The van der Waals surface area contributed by atoms with Crippen LogP contribution in [-0.4, -0.2) is 48.6 Å². The minimum Gasteiger partial charge on any atom is -0.383 e. The molecule has 1 unspecified atom stereocenters. The summed E-state index contributed by atoms with van der Waals surface area (Å²) in [7, 11) is 1.58. The highest BCUT2D eigenvalue weighted by atomic mass is 19.1. The summed E-state index contributed by atoms with van der Waals surface area (Å²) >= 11 is 0. The number of nitrogens with zero attached hydrogens (tertiary/aromatic N) is 2. The standard InChI is InChI=1S/C15H24FN3O2/c1-5-11(3)19(9-10-21-4)15(20)12-7-8-18-14(13(12)16)17-6-2/h7-8,11H,5-6,9-10H2,1-4H3,(H,17,18). The van der Waals surface area contributed by atoms with Crippen molar-refractivity contribution in [2.24, 2.45) is 0 Å². The Kier molecular flexibility index (Phi) is 7.08. The Morgan fingerprint density at radius 3 is 2.81 bits per heavy atom. The van der Waals surface area contributed by atoms with Crippen LogP contribution in [0.5, 0.6) is 0 Å². The fourth-order valence-corrected chi connectivity index (χ4v) is 1.99. The van der Waals surface area contributed by atoms with Crippen molar-refractivity contribution in [2.75, 3.05) is 32.1 Å². The van der Waals surface area contributed by atoms with Crippen LogP contribution in [-0.2, 0) is 4.74 Å². The van der Waals surface area contributed by atoms with Crippen molar-refractivity contribution in [3.8, 4) is 0 Å². The van der Waals surface area contributed by atoms with E-state index in [-0.39, 0.29) is 23.3 Å². The molecule has 0 aliphatic heterocycles. The van der Waals surface area contributed by atoms with Crippen LogP contribution in [0.25, 0.3) is 0 Å². The molecular weight excluding hydrogens is 273 g/mol. The lowest BCUT2D eigenvalue weighted by Crippen LogP contribution is -2.41. The number of ether oxygens (including phenoxy) is 1. The molecule has 118 valence electrons. The molecule has 0 saturated carbocycles. The van der Waals surface area contributed by atoms with Crippen LogP contribution in [0.2, 0.25) is 0 Å². The third-order valence-electron chi connectivity index (χ3n) is 3.38. The largest absolute Gasteiger partial charge is 0.383 e. The van der Waals surface area contributed by atoms with E-state index >= 15 is 0 Å². The number of pyridine rings is 1. The lowest BCUT2D eigenvalue weighted by molar-refractivity contribution is 0.0609. The Balaban J connectivity index is 3.05. The van der Waals surface area contributed by atoms with Crippen LogP contribution in [0.4, 0.5) is 10.2 Å². The maximum Gasteiger partial charge on any atom is 0.257 e. The van der Waals surface area contributed by atoms with Gasteiger partial charge >= 0.3 is 0 Å². The molecule has 0 fully saturated rings. The molecule has 1 rings (SSSR count). The van der Waals surface area contributed by atoms with E-state index in [4.69, 9.17) is 4.74 Å².